The van der Waals surface area contributed by atoms with Crippen LogP contribution in [0.1, 0.15) is 60.8 Å². The van der Waals surface area contributed by atoms with E-state index in [9.17, 15) is 14.4 Å². The number of carbonyl (C=O) groups excluding carboxylic acids is 3. The van der Waals surface area contributed by atoms with E-state index in [1.165, 1.54) is 4.90 Å². The topological polar surface area (TPSA) is 97.3 Å². The van der Waals surface area contributed by atoms with Crippen LogP contribution in [0.25, 0.3) is 0 Å². The van der Waals surface area contributed by atoms with E-state index in [0.29, 0.717) is 25.8 Å². The van der Waals surface area contributed by atoms with E-state index in [-0.39, 0.29) is 12.0 Å². The standard InChI is InChI=1S/C17H29N3O5/c1-16(2,3)24-14(22)19-13-18-11-12(9-7-8-10-21)20(13)15(23)25-17(4,5)6/h10,12H,7-9,11H2,1-6H3,(H,18,19,22). The van der Waals surface area contributed by atoms with E-state index in [1.807, 2.05) is 0 Å². The Balaban J connectivity index is 2.84. The normalized spacial score (nSPS) is 17.8. The number of carbonyl (C=O) groups is 3. The second-order valence-electron chi connectivity index (χ2n) is 7.89. The second-order valence-corrected chi connectivity index (χ2v) is 7.89. The molecule has 142 valence electrons. The maximum absolute atomic E-state index is 12.5. The van der Waals surface area contributed by atoms with Gasteiger partial charge in [0.2, 0.25) is 5.96 Å². The lowest BCUT2D eigenvalue weighted by molar-refractivity contribution is -0.107. The summed E-state index contributed by atoms with van der Waals surface area (Å²) in [6, 6.07) is -0.264. The zero-order valence-electron chi connectivity index (χ0n) is 15.9. The quantitative estimate of drug-likeness (QED) is 0.618. The first kappa shape index (κ1) is 20.9. The minimum atomic E-state index is -0.687. The molecule has 1 aliphatic heterocycles. The summed E-state index contributed by atoms with van der Waals surface area (Å²) in [5, 5.41) is 2.52. The minimum Gasteiger partial charge on any atom is -0.444 e. The van der Waals surface area contributed by atoms with Crippen LogP contribution in [0.2, 0.25) is 0 Å². The Labute approximate surface area is 148 Å². The highest BCUT2D eigenvalue weighted by molar-refractivity contribution is 6.02. The van der Waals surface area contributed by atoms with E-state index in [0.717, 1.165) is 6.29 Å². The van der Waals surface area contributed by atoms with E-state index in [4.69, 9.17) is 9.47 Å². The monoisotopic (exact) mass is 355 g/mol. The summed E-state index contributed by atoms with van der Waals surface area (Å²) >= 11 is 0. The van der Waals surface area contributed by atoms with Gasteiger partial charge in [0.1, 0.15) is 17.5 Å². The average molecular weight is 355 g/mol. The van der Waals surface area contributed by atoms with Crippen LogP contribution in [0.5, 0.6) is 0 Å². The van der Waals surface area contributed by atoms with Gasteiger partial charge in [-0.3, -0.25) is 10.3 Å². The molecule has 25 heavy (non-hydrogen) atoms. The molecule has 0 aromatic carbocycles. The molecule has 0 saturated heterocycles. The molecule has 0 bridgehead atoms. The van der Waals surface area contributed by atoms with Gasteiger partial charge in [-0.25, -0.2) is 14.5 Å². The predicted octanol–water partition coefficient (Wildman–Crippen LogP) is 2.86. The van der Waals surface area contributed by atoms with Gasteiger partial charge in [-0.15, -0.1) is 0 Å². The number of ether oxygens (including phenoxy) is 2. The Bertz CT molecular complexity index is 531. The van der Waals surface area contributed by atoms with Crippen LogP contribution in [-0.4, -0.2) is 53.1 Å². The summed E-state index contributed by atoms with van der Waals surface area (Å²) in [6.07, 6.45) is 1.19. The van der Waals surface area contributed by atoms with Crippen LogP contribution in [0.4, 0.5) is 9.59 Å². The van der Waals surface area contributed by atoms with Gasteiger partial charge in [-0.05, 0) is 54.4 Å². The first-order valence-electron chi connectivity index (χ1n) is 8.43. The molecule has 1 atom stereocenters. The smallest absolute Gasteiger partial charge is 0.417 e. The molecule has 0 aromatic rings. The Kier molecular flexibility index (Phi) is 6.96. The lowest BCUT2D eigenvalue weighted by Gasteiger charge is -2.29. The van der Waals surface area contributed by atoms with Crippen molar-refractivity contribution in [2.45, 2.75) is 78.0 Å². The minimum absolute atomic E-state index is 0.111. The third kappa shape index (κ3) is 7.53. The summed E-state index contributed by atoms with van der Waals surface area (Å²) in [6.45, 7) is 10.9. The summed E-state index contributed by atoms with van der Waals surface area (Å²) in [5.74, 6) is 0.111. The molecular weight excluding hydrogens is 326 g/mol. The van der Waals surface area contributed by atoms with Crippen LogP contribution in [0.15, 0.2) is 4.99 Å². The summed E-state index contributed by atoms with van der Waals surface area (Å²) in [4.78, 5) is 40.6. The van der Waals surface area contributed by atoms with Crippen molar-refractivity contribution in [1.29, 1.82) is 0 Å². The number of hydrogen-bond acceptors (Lipinski definition) is 6. The highest BCUT2D eigenvalue weighted by Crippen LogP contribution is 2.20. The Morgan fingerprint density at radius 2 is 1.80 bits per heavy atom. The van der Waals surface area contributed by atoms with Crippen molar-refractivity contribution in [3.63, 3.8) is 0 Å². The molecule has 0 radical (unpaired) electrons. The number of rotatable bonds is 4. The third-order valence-corrected chi connectivity index (χ3v) is 3.11. The first-order valence-corrected chi connectivity index (χ1v) is 8.43. The molecule has 1 heterocycles. The van der Waals surface area contributed by atoms with Crippen LogP contribution in [-0.2, 0) is 14.3 Å². The summed E-state index contributed by atoms with van der Waals surface area (Å²) in [5.41, 5.74) is -1.34. The fourth-order valence-electron chi connectivity index (χ4n) is 2.22. The van der Waals surface area contributed by atoms with Gasteiger partial charge < -0.3 is 14.3 Å². The van der Waals surface area contributed by atoms with Crippen LogP contribution >= 0.6 is 0 Å². The highest BCUT2D eigenvalue weighted by Gasteiger charge is 2.37. The molecule has 0 aliphatic carbocycles. The number of aliphatic imine (C=N–C) groups is 1. The van der Waals surface area contributed by atoms with E-state index < -0.39 is 23.4 Å². The molecule has 8 heteroatoms. The fraction of sp³-hybridized carbons (Fsp3) is 0.765. The van der Waals surface area contributed by atoms with Crippen molar-refractivity contribution in [3.05, 3.63) is 0 Å². The molecular formula is C17H29N3O5. The molecule has 0 spiro atoms. The Hall–Kier alpha value is -2.12. The molecule has 1 N–H and O–H groups in total. The molecule has 0 fully saturated rings. The number of amides is 2. The van der Waals surface area contributed by atoms with Crippen molar-refractivity contribution >= 4 is 24.4 Å². The van der Waals surface area contributed by atoms with Gasteiger partial charge in [0.05, 0.1) is 12.6 Å². The zero-order chi connectivity index (χ0) is 19.3. The van der Waals surface area contributed by atoms with Gasteiger partial charge in [0.25, 0.3) is 0 Å². The molecule has 2 amide bonds. The maximum atomic E-state index is 12.5. The number of alkyl carbamates (subject to hydrolysis) is 1. The van der Waals surface area contributed by atoms with Crippen molar-refractivity contribution < 1.29 is 23.9 Å². The summed E-state index contributed by atoms with van der Waals surface area (Å²) in [7, 11) is 0. The van der Waals surface area contributed by atoms with Crippen molar-refractivity contribution in [1.82, 2.24) is 10.2 Å². The third-order valence-electron chi connectivity index (χ3n) is 3.11. The second kappa shape index (κ2) is 8.31. The highest BCUT2D eigenvalue weighted by atomic mass is 16.6. The van der Waals surface area contributed by atoms with E-state index >= 15 is 0 Å². The van der Waals surface area contributed by atoms with Gasteiger partial charge in [-0.2, -0.15) is 0 Å². The van der Waals surface area contributed by atoms with Gasteiger partial charge in [0, 0.05) is 6.42 Å². The number of unbranched alkanes of at least 4 members (excludes halogenated alkanes) is 1. The molecule has 1 aliphatic rings. The first-order chi connectivity index (χ1) is 11.4. The number of guanidine groups is 1. The number of hydrogen-bond donors (Lipinski definition) is 1. The SMILES string of the molecule is CC(C)(C)OC(=O)NC1=NCC(CCCC=O)N1C(=O)OC(C)(C)C. The molecule has 1 unspecified atom stereocenters. The van der Waals surface area contributed by atoms with Crippen LogP contribution in [0, 0.1) is 0 Å². The number of nitrogens with zero attached hydrogens (tertiary/aromatic N) is 2. The maximum Gasteiger partial charge on any atom is 0.417 e. The number of aldehydes is 1. The fourth-order valence-corrected chi connectivity index (χ4v) is 2.22. The van der Waals surface area contributed by atoms with E-state index in [2.05, 4.69) is 10.3 Å². The zero-order valence-corrected chi connectivity index (χ0v) is 15.9. The largest absolute Gasteiger partial charge is 0.444 e. The molecule has 0 aromatic heterocycles. The Morgan fingerprint density at radius 3 is 2.32 bits per heavy atom. The lowest BCUT2D eigenvalue weighted by atomic mass is 10.1. The van der Waals surface area contributed by atoms with Gasteiger partial charge >= 0.3 is 12.2 Å². The Morgan fingerprint density at radius 1 is 1.20 bits per heavy atom. The van der Waals surface area contributed by atoms with Gasteiger partial charge in [0.15, 0.2) is 0 Å². The van der Waals surface area contributed by atoms with Crippen LogP contribution < -0.4 is 5.32 Å². The van der Waals surface area contributed by atoms with Crippen LogP contribution in [0.3, 0.4) is 0 Å². The summed E-state index contributed by atoms with van der Waals surface area (Å²) < 4.78 is 10.6. The van der Waals surface area contributed by atoms with Crippen molar-refractivity contribution in [2.75, 3.05) is 6.54 Å². The molecule has 8 nitrogen and oxygen atoms in total. The number of nitrogens with one attached hydrogen (secondary N) is 1. The molecule has 0 saturated carbocycles. The average Bonchev–Trinajstić information content (AvgIpc) is 2.77. The lowest BCUT2D eigenvalue weighted by Crippen LogP contribution is -2.51. The van der Waals surface area contributed by atoms with Gasteiger partial charge in [-0.1, -0.05) is 0 Å². The van der Waals surface area contributed by atoms with E-state index in [1.54, 1.807) is 41.5 Å². The van der Waals surface area contributed by atoms with Crippen molar-refractivity contribution in [2.24, 2.45) is 4.99 Å². The predicted molar refractivity (Wildman–Crippen MR) is 93.4 cm³/mol. The van der Waals surface area contributed by atoms with Crippen molar-refractivity contribution in [3.8, 4) is 0 Å². The molecule has 1 rings (SSSR count).